The third kappa shape index (κ3) is 5.49. The molecule has 1 N–H and O–H groups in total. The number of hydrogen-bond donors (Lipinski definition) is 1. The van der Waals surface area contributed by atoms with Crippen LogP contribution in [0.3, 0.4) is 0 Å². The van der Waals surface area contributed by atoms with E-state index in [4.69, 9.17) is 18.6 Å². The van der Waals surface area contributed by atoms with Gasteiger partial charge in [0.2, 0.25) is 5.75 Å². The van der Waals surface area contributed by atoms with Gasteiger partial charge in [0, 0.05) is 5.56 Å². The van der Waals surface area contributed by atoms with E-state index in [1.165, 1.54) is 37.1 Å². The molecule has 9 nitrogen and oxygen atoms in total. The monoisotopic (exact) mass is 493 g/mol. The number of carbonyl (C=O) groups excluding carboxylic acids is 1. The van der Waals surface area contributed by atoms with Crippen LogP contribution in [0.5, 0.6) is 23.0 Å². The van der Waals surface area contributed by atoms with Crippen molar-refractivity contribution in [2.45, 2.75) is 6.54 Å². The van der Waals surface area contributed by atoms with Crippen molar-refractivity contribution in [2.75, 3.05) is 21.3 Å². The molecule has 0 spiro atoms. The molecule has 1 aliphatic heterocycles. The lowest BCUT2D eigenvalue weighted by Gasteiger charge is -2.12. The minimum absolute atomic E-state index is 0.103. The van der Waals surface area contributed by atoms with E-state index in [-0.39, 0.29) is 29.7 Å². The van der Waals surface area contributed by atoms with Crippen molar-refractivity contribution in [2.24, 2.45) is 10.2 Å². The van der Waals surface area contributed by atoms with Crippen LogP contribution in [0.4, 0.5) is 0 Å². The van der Waals surface area contributed by atoms with E-state index in [1.807, 2.05) is 24.3 Å². The predicted molar refractivity (Wildman–Crippen MR) is 134 cm³/mol. The number of amidine groups is 1. The fraction of sp³-hybridized carbons (Fsp3) is 0.160. The number of furan rings is 1. The second-order valence-corrected chi connectivity index (χ2v) is 8.26. The first kappa shape index (κ1) is 24.0. The van der Waals surface area contributed by atoms with Crippen molar-refractivity contribution in [3.8, 4) is 23.0 Å². The number of benzene rings is 2. The number of amides is 1. The minimum atomic E-state index is -0.205. The lowest BCUT2D eigenvalue weighted by Crippen LogP contribution is -2.28. The molecule has 2 aromatic carbocycles. The Morgan fingerprint density at radius 2 is 1.74 bits per heavy atom. The average molecular weight is 494 g/mol. The van der Waals surface area contributed by atoms with E-state index < -0.39 is 0 Å². The Hall–Kier alpha value is -4.18. The van der Waals surface area contributed by atoms with Gasteiger partial charge < -0.3 is 23.7 Å². The largest absolute Gasteiger partial charge is 0.502 e. The summed E-state index contributed by atoms with van der Waals surface area (Å²) < 4.78 is 21.0. The summed E-state index contributed by atoms with van der Waals surface area (Å²) in [6, 6.07) is 14.2. The van der Waals surface area contributed by atoms with Gasteiger partial charge in [0.05, 0.1) is 45.3 Å². The van der Waals surface area contributed by atoms with Gasteiger partial charge in [0.25, 0.3) is 5.91 Å². The topological polar surface area (TPSA) is 106 Å². The molecule has 1 amide bonds. The van der Waals surface area contributed by atoms with Crippen molar-refractivity contribution in [3.63, 3.8) is 0 Å². The highest BCUT2D eigenvalue weighted by Gasteiger charge is 2.34. The highest BCUT2D eigenvalue weighted by Crippen LogP contribution is 2.37. The standard InChI is InChI=1S/C25H23N3O6S/c1-31-18-8-6-16(7-9-18)13-22-24(30)28(15-19-5-4-10-34-19)25(35-22)27-26-14-17-11-20(32-2)23(29)21(12-17)33-3/h4-14,29H,15H2,1-3H3/b22-13-,26-14+,27-25-. The van der Waals surface area contributed by atoms with Crippen molar-refractivity contribution in [1.29, 1.82) is 0 Å². The molecule has 35 heavy (non-hydrogen) atoms. The summed E-state index contributed by atoms with van der Waals surface area (Å²) in [6.07, 6.45) is 4.83. The molecule has 0 radical (unpaired) electrons. The molecule has 1 aromatic heterocycles. The summed E-state index contributed by atoms with van der Waals surface area (Å²) in [5.74, 6) is 1.53. The van der Waals surface area contributed by atoms with Gasteiger partial charge in [-0.05, 0) is 59.8 Å². The maximum Gasteiger partial charge on any atom is 0.267 e. The predicted octanol–water partition coefficient (Wildman–Crippen LogP) is 4.52. The van der Waals surface area contributed by atoms with Crippen LogP contribution >= 0.6 is 11.8 Å². The zero-order chi connectivity index (χ0) is 24.8. The molecule has 1 fully saturated rings. The smallest absolute Gasteiger partial charge is 0.267 e. The van der Waals surface area contributed by atoms with Crippen LogP contribution in [0.15, 0.2) is 74.3 Å². The third-order valence-electron chi connectivity index (χ3n) is 5.05. The van der Waals surface area contributed by atoms with Crippen molar-refractivity contribution in [1.82, 2.24) is 4.90 Å². The summed E-state index contributed by atoms with van der Waals surface area (Å²) in [4.78, 5) is 15.2. The number of hydrogen-bond acceptors (Lipinski definition) is 9. The molecule has 3 aromatic rings. The maximum absolute atomic E-state index is 13.2. The van der Waals surface area contributed by atoms with Gasteiger partial charge in [-0.3, -0.25) is 9.69 Å². The molecule has 1 saturated heterocycles. The summed E-state index contributed by atoms with van der Waals surface area (Å²) in [5.41, 5.74) is 1.45. The average Bonchev–Trinajstić information content (AvgIpc) is 3.49. The first-order valence-electron chi connectivity index (χ1n) is 10.5. The molecule has 4 rings (SSSR count). The highest BCUT2D eigenvalue weighted by molar-refractivity contribution is 8.18. The molecule has 10 heteroatoms. The van der Waals surface area contributed by atoms with Crippen molar-refractivity contribution in [3.05, 3.63) is 76.6 Å². The molecular formula is C25H23N3O6S. The Morgan fingerprint density at radius 3 is 2.34 bits per heavy atom. The third-order valence-corrected chi connectivity index (χ3v) is 6.04. The Labute approximate surface area is 206 Å². The summed E-state index contributed by atoms with van der Waals surface area (Å²) in [7, 11) is 4.49. The van der Waals surface area contributed by atoms with Crippen LogP contribution in [0.25, 0.3) is 6.08 Å². The van der Waals surface area contributed by atoms with Gasteiger partial charge in [0.15, 0.2) is 16.7 Å². The van der Waals surface area contributed by atoms with E-state index >= 15 is 0 Å². The molecule has 0 atom stereocenters. The number of aromatic hydroxyl groups is 1. The second kappa shape index (κ2) is 10.8. The van der Waals surface area contributed by atoms with Gasteiger partial charge in [-0.15, -0.1) is 5.10 Å². The van der Waals surface area contributed by atoms with Crippen LogP contribution in [0.2, 0.25) is 0 Å². The molecule has 2 heterocycles. The summed E-state index contributed by atoms with van der Waals surface area (Å²) in [6.45, 7) is 0.216. The number of thioether (sulfide) groups is 1. The first-order valence-corrected chi connectivity index (χ1v) is 11.3. The molecule has 180 valence electrons. The van der Waals surface area contributed by atoms with Gasteiger partial charge in [-0.1, -0.05) is 12.1 Å². The maximum atomic E-state index is 13.2. The van der Waals surface area contributed by atoms with Crippen LogP contribution in [0.1, 0.15) is 16.9 Å². The second-order valence-electron chi connectivity index (χ2n) is 7.26. The first-order chi connectivity index (χ1) is 17.0. The lowest BCUT2D eigenvalue weighted by atomic mass is 10.2. The van der Waals surface area contributed by atoms with Gasteiger partial charge in [-0.25, -0.2) is 0 Å². The van der Waals surface area contributed by atoms with Gasteiger partial charge >= 0.3 is 0 Å². The van der Waals surface area contributed by atoms with E-state index in [1.54, 1.807) is 43.7 Å². The Balaban J connectivity index is 1.62. The fourth-order valence-corrected chi connectivity index (χ4v) is 4.20. The zero-order valence-electron chi connectivity index (χ0n) is 19.3. The quantitative estimate of drug-likeness (QED) is 0.279. The lowest BCUT2D eigenvalue weighted by molar-refractivity contribution is -0.122. The number of methoxy groups -OCH3 is 3. The van der Waals surface area contributed by atoms with E-state index in [9.17, 15) is 9.90 Å². The van der Waals surface area contributed by atoms with E-state index in [0.29, 0.717) is 21.4 Å². The summed E-state index contributed by atoms with van der Waals surface area (Å²) >= 11 is 1.22. The van der Waals surface area contributed by atoms with E-state index in [2.05, 4.69) is 10.2 Å². The van der Waals surface area contributed by atoms with Gasteiger partial charge in [-0.2, -0.15) is 5.10 Å². The molecule has 0 saturated carbocycles. The Kier molecular flexibility index (Phi) is 7.41. The van der Waals surface area contributed by atoms with Crippen LogP contribution in [0, 0.1) is 0 Å². The van der Waals surface area contributed by atoms with Crippen LogP contribution in [-0.4, -0.2) is 48.6 Å². The van der Waals surface area contributed by atoms with Crippen LogP contribution < -0.4 is 14.2 Å². The molecular weight excluding hydrogens is 470 g/mol. The Morgan fingerprint density at radius 1 is 1.03 bits per heavy atom. The molecule has 0 aliphatic carbocycles. The molecule has 1 aliphatic rings. The number of phenols is 1. The number of ether oxygens (including phenoxy) is 3. The van der Waals surface area contributed by atoms with Crippen molar-refractivity contribution >= 4 is 35.1 Å². The summed E-state index contributed by atoms with van der Waals surface area (Å²) in [5, 5.41) is 18.9. The Bertz CT molecular complexity index is 1260. The van der Waals surface area contributed by atoms with Gasteiger partial charge in [0.1, 0.15) is 11.5 Å². The zero-order valence-corrected chi connectivity index (χ0v) is 20.1. The normalized spacial score (nSPS) is 16.0. The van der Waals surface area contributed by atoms with Crippen LogP contribution in [-0.2, 0) is 11.3 Å². The number of phenolic OH excluding ortho intramolecular Hbond substituents is 1. The SMILES string of the molecule is COc1ccc(/C=C2\S/C(=N\N=C\c3cc(OC)c(O)c(OC)c3)N(Cc3ccco3)C2=O)cc1. The minimum Gasteiger partial charge on any atom is -0.502 e. The number of nitrogens with zero attached hydrogens (tertiary/aromatic N) is 3. The van der Waals surface area contributed by atoms with E-state index in [0.717, 1.165) is 11.3 Å². The molecule has 0 bridgehead atoms. The fourth-order valence-electron chi connectivity index (χ4n) is 3.27. The highest BCUT2D eigenvalue weighted by atomic mass is 32.2. The van der Waals surface area contributed by atoms with Crippen molar-refractivity contribution < 1.29 is 28.5 Å². The number of rotatable bonds is 8. The number of carbonyl (C=O) groups is 1. The molecule has 0 unspecified atom stereocenters.